The smallest absolute Gasteiger partial charge is 0.122 e. The Balaban J connectivity index is 1.37. The summed E-state index contributed by atoms with van der Waals surface area (Å²) in [6.45, 7) is 2.23. The Morgan fingerprint density at radius 3 is 3.07 bits per heavy atom. The van der Waals surface area contributed by atoms with E-state index >= 15 is 0 Å². The molecule has 2 aromatic carbocycles. The summed E-state index contributed by atoms with van der Waals surface area (Å²) >= 11 is 1.96. The van der Waals surface area contributed by atoms with Crippen molar-refractivity contribution in [3.63, 3.8) is 0 Å². The van der Waals surface area contributed by atoms with E-state index in [2.05, 4.69) is 53.7 Å². The molecule has 2 aromatic rings. The van der Waals surface area contributed by atoms with Gasteiger partial charge in [-0.1, -0.05) is 24.3 Å². The van der Waals surface area contributed by atoms with Crippen molar-refractivity contribution in [2.45, 2.75) is 37.4 Å². The van der Waals surface area contributed by atoms with Gasteiger partial charge in [0.1, 0.15) is 5.75 Å². The molecule has 0 spiro atoms. The lowest BCUT2D eigenvalue weighted by molar-refractivity contribution is 0.299. The highest BCUT2D eigenvalue weighted by atomic mass is 32.2. The second-order valence-corrected chi connectivity index (χ2v) is 8.78. The van der Waals surface area contributed by atoms with Crippen LogP contribution in [-0.4, -0.2) is 38.0 Å². The molecule has 4 heteroatoms. The SMILES string of the molecule is COc1cccc2c1CCCC2CN(C)CCc1ccc2c(c1)CSCN2. The van der Waals surface area contributed by atoms with Crippen molar-refractivity contribution in [1.29, 1.82) is 0 Å². The Morgan fingerprint density at radius 2 is 2.19 bits per heavy atom. The summed E-state index contributed by atoms with van der Waals surface area (Å²) in [5.74, 6) is 3.86. The zero-order valence-electron chi connectivity index (χ0n) is 16.5. The second-order valence-electron chi connectivity index (χ2n) is 7.79. The molecule has 1 heterocycles. The van der Waals surface area contributed by atoms with Gasteiger partial charge >= 0.3 is 0 Å². The number of nitrogens with one attached hydrogen (secondary N) is 1. The van der Waals surface area contributed by atoms with Crippen molar-refractivity contribution in [3.8, 4) is 5.75 Å². The van der Waals surface area contributed by atoms with Gasteiger partial charge in [-0.05, 0) is 73.0 Å². The van der Waals surface area contributed by atoms with Gasteiger partial charge < -0.3 is 15.0 Å². The molecule has 0 saturated heterocycles. The summed E-state index contributed by atoms with van der Waals surface area (Å²) in [7, 11) is 4.06. The quantitative estimate of drug-likeness (QED) is 0.767. The number of hydrogen-bond donors (Lipinski definition) is 1. The zero-order chi connectivity index (χ0) is 18.6. The van der Waals surface area contributed by atoms with Crippen molar-refractivity contribution < 1.29 is 4.74 Å². The molecule has 1 unspecified atom stereocenters. The number of anilines is 1. The van der Waals surface area contributed by atoms with Crippen LogP contribution in [0.1, 0.15) is 41.0 Å². The van der Waals surface area contributed by atoms with E-state index in [1.807, 2.05) is 11.8 Å². The number of thioether (sulfide) groups is 1. The van der Waals surface area contributed by atoms with Crippen LogP contribution in [0.3, 0.4) is 0 Å². The lowest BCUT2D eigenvalue weighted by atomic mass is 9.82. The van der Waals surface area contributed by atoms with E-state index < -0.39 is 0 Å². The van der Waals surface area contributed by atoms with E-state index in [9.17, 15) is 0 Å². The standard InChI is InChI=1S/C23H30N2OS/c1-25(12-11-17-9-10-22-19(13-17)15-27-16-24-22)14-18-5-3-7-21-20(18)6-4-8-23(21)26-2/h4,6,8-10,13,18,24H,3,5,7,11-12,14-16H2,1-2H3. The number of rotatable bonds is 6. The highest BCUT2D eigenvalue weighted by Gasteiger charge is 2.23. The summed E-state index contributed by atoms with van der Waals surface area (Å²) in [6.07, 6.45) is 4.82. The van der Waals surface area contributed by atoms with Gasteiger partial charge in [0.05, 0.1) is 13.0 Å². The Morgan fingerprint density at radius 1 is 1.26 bits per heavy atom. The van der Waals surface area contributed by atoms with Crippen LogP contribution in [0.5, 0.6) is 5.75 Å². The topological polar surface area (TPSA) is 24.5 Å². The fourth-order valence-electron chi connectivity index (χ4n) is 4.47. The number of fused-ring (bicyclic) bond motifs is 2. The number of nitrogens with zero attached hydrogens (tertiary/aromatic N) is 1. The molecule has 1 aliphatic heterocycles. The minimum absolute atomic E-state index is 0.623. The molecule has 1 atom stereocenters. The van der Waals surface area contributed by atoms with E-state index in [1.54, 1.807) is 7.11 Å². The van der Waals surface area contributed by atoms with Gasteiger partial charge in [-0.3, -0.25) is 0 Å². The van der Waals surface area contributed by atoms with Crippen LogP contribution in [0.4, 0.5) is 5.69 Å². The summed E-state index contributed by atoms with van der Waals surface area (Å²) in [6, 6.07) is 13.5. The first-order chi connectivity index (χ1) is 13.2. The highest BCUT2D eigenvalue weighted by molar-refractivity contribution is 7.98. The molecule has 0 radical (unpaired) electrons. The number of benzene rings is 2. The minimum atomic E-state index is 0.623. The van der Waals surface area contributed by atoms with Gasteiger partial charge in [0.15, 0.2) is 0 Å². The predicted octanol–water partition coefficient (Wildman–Crippen LogP) is 4.91. The van der Waals surface area contributed by atoms with Crippen LogP contribution < -0.4 is 10.1 Å². The normalized spacial score (nSPS) is 18.6. The maximum Gasteiger partial charge on any atom is 0.122 e. The first-order valence-corrected chi connectivity index (χ1v) is 11.2. The summed E-state index contributed by atoms with van der Waals surface area (Å²) < 4.78 is 5.60. The van der Waals surface area contributed by atoms with Crippen molar-refractivity contribution in [2.75, 3.05) is 38.4 Å². The fraction of sp³-hybridized carbons (Fsp3) is 0.478. The maximum atomic E-state index is 5.60. The third kappa shape index (κ3) is 4.27. The van der Waals surface area contributed by atoms with E-state index in [4.69, 9.17) is 4.74 Å². The molecule has 4 rings (SSSR count). The van der Waals surface area contributed by atoms with Gasteiger partial charge in [-0.2, -0.15) is 0 Å². The third-order valence-electron chi connectivity index (χ3n) is 5.91. The third-order valence-corrected chi connectivity index (χ3v) is 6.78. The highest BCUT2D eigenvalue weighted by Crippen LogP contribution is 2.37. The molecule has 0 bridgehead atoms. The predicted molar refractivity (Wildman–Crippen MR) is 116 cm³/mol. The number of methoxy groups -OCH3 is 1. The first kappa shape index (κ1) is 18.7. The minimum Gasteiger partial charge on any atom is -0.496 e. The van der Waals surface area contributed by atoms with Gasteiger partial charge in [0.2, 0.25) is 0 Å². The molecule has 0 amide bonds. The molecular formula is C23H30N2OS. The van der Waals surface area contributed by atoms with E-state index in [1.165, 1.54) is 40.8 Å². The van der Waals surface area contributed by atoms with Gasteiger partial charge in [0, 0.05) is 24.5 Å². The number of hydrogen-bond acceptors (Lipinski definition) is 4. The van der Waals surface area contributed by atoms with Crippen molar-refractivity contribution in [1.82, 2.24) is 4.90 Å². The molecule has 0 saturated carbocycles. The lowest BCUT2D eigenvalue weighted by Gasteiger charge is -2.30. The summed E-state index contributed by atoms with van der Waals surface area (Å²) in [5.41, 5.74) is 7.17. The zero-order valence-corrected chi connectivity index (χ0v) is 17.3. The molecular weight excluding hydrogens is 352 g/mol. The van der Waals surface area contributed by atoms with Crippen LogP contribution in [0.25, 0.3) is 0 Å². The Kier molecular flexibility index (Phi) is 5.94. The van der Waals surface area contributed by atoms with Crippen LogP contribution in [0, 0.1) is 0 Å². The van der Waals surface area contributed by atoms with E-state index in [0.29, 0.717) is 5.92 Å². The molecule has 1 N–H and O–H groups in total. The average molecular weight is 383 g/mol. The van der Waals surface area contributed by atoms with Gasteiger partial charge in [-0.15, -0.1) is 11.8 Å². The molecule has 2 aliphatic rings. The van der Waals surface area contributed by atoms with Crippen LogP contribution >= 0.6 is 11.8 Å². The Bertz CT molecular complexity index is 792. The second kappa shape index (κ2) is 8.57. The largest absolute Gasteiger partial charge is 0.496 e. The molecule has 144 valence electrons. The van der Waals surface area contributed by atoms with E-state index in [0.717, 1.165) is 43.3 Å². The molecule has 27 heavy (non-hydrogen) atoms. The van der Waals surface area contributed by atoms with Crippen molar-refractivity contribution in [2.24, 2.45) is 0 Å². The van der Waals surface area contributed by atoms with Crippen LogP contribution in [0.2, 0.25) is 0 Å². The summed E-state index contributed by atoms with van der Waals surface area (Å²) in [4.78, 5) is 2.51. The Hall–Kier alpha value is -1.65. The van der Waals surface area contributed by atoms with Crippen molar-refractivity contribution in [3.05, 3.63) is 58.7 Å². The molecule has 3 nitrogen and oxygen atoms in total. The van der Waals surface area contributed by atoms with Crippen LogP contribution in [-0.2, 0) is 18.6 Å². The van der Waals surface area contributed by atoms with Gasteiger partial charge in [0.25, 0.3) is 0 Å². The fourth-order valence-corrected chi connectivity index (χ4v) is 5.28. The molecule has 0 fully saturated rings. The van der Waals surface area contributed by atoms with Crippen molar-refractivity contribution >= 4 is 17.4 Å². The maximum absolute atomic E-state index is 5.60. The lowest BCUT2D eigenvalue weighted by Crippen LogP contribution is -2.28. The van der Waals surface area contributed by atoms with Gasteiger partial charge in [-0.25, -0.2) is 0 Å². The summed E-state index contributed by atoms with van der Waals surface area (Å²) in [5, 5.41) is 3.47. The van der Waals surface area contributed by atoms with Crippen LogP contribution in [0.15, 0.2) is 36.4 Å². The average Bonchev–Trinajstić information content (AvgIpc) is 2.72. The number of likely N-dealkylation sites (N-methyl/N-ethyl adjacent to an activating group) is 1. The molecule has 1 aliphatic carbocycles. The molecule has 0 aromatic heterocycles. The Labute approximate surface area is 167 Å². The van der Waals surface area contributed by atoms with E-state index in [-0.39, 0.29) is 0 Å². The monoisotopic (exact) mass is 382 g/mol. The first-order valence-electron chi connectivity index (χ1n) is 10.0. The number of ether oxygens (including phenoxy) is 1.